The van der Waals surface area contributed by atoms with Crippen molar-refractivity contribution in [3.8, 4) is 0 Å². The first-order valence-electron chi connectivity index (χ1n) is 5.75. The van der Waals surface area contributed by atoms with Crippen molar-refractivity contribution in [2.24, 2.45) is 11.3 Å². The summed E-state index contributed by atoms with van der Waals surface area (Å²) in [5.74, 6) is 0.793. The van der Waals surface area contributed by atoms with E-state index in [1.807, 2.05) is 0 Å². The van der Waals surface area contributed by atoms with Gasteiger partial charge in [0.05, 0.1) is 0 Å². The molecule has 1 saturated carbocycles. The number of hydrogen-bond donors (Lipinski definition) is 0. The molecule has 0 radical (unpaired) electrons. The molecule has 0 spiro atoms. The van der Waals surface area contributed by atoms with E-state index in [9.17, 15) is 0 Å². The van der Waals surface area contributed by atoms with Crippen molar-refractivity contribution in [3.05, 3.63) is 12.2 Å². The zero-order valence-corrected chi connectivity index (χ0v) is 9.53. The molecule has 0 aromatic heterocycles. The quantitative estimate of drug-likeness (QED) is 0.558. The summed E-state index contributed by atoms with van der Waals surface area (Å²) >= 11 is 0. The van der Waals surface area contributed by atoms with Crippen molar-refractivity contribution in [2.75, 3.05) is 0 Å². The van der Waals surface area contributed by atoms with Crippen LogP contribution in [-0.2, 0) is 0 Å². The van der Waals surface area contributed by atoms with Gasteiger partial charge in [0.25, 0.3) is 0 Å². The molecule has 1 aliphatic rings. The molecule has 0 bridgehead atoms. The fourth-order valence-electron chi connectivity index (χ4n) is 2.68. The van der Waals surface area contributed by atoms with E-state index < -0.39 is 0 Å². The van der Waals surface area contributed by atoms with E-state index in [0.717, 1.165) is 5.92 Å². The van der Waals surface area contributed by atoms with Crippen LogP contribution in [0, 0.1) is 11.3 Å². The maximum absolute atomic E-state index is 4.24. The number of rotatable bonds is 3. The maximum atomic E-state index is 4.24. The molecule has 76 valence electrons. The molecule has 0 aromatic rings. The van der Waals surface area contributed by atoms with Crippen LogP contribution in [0.25, 0.3) is 0 Å². The summed E-state index contributed by atoms with van der Waals surface area (Å²) in [6.45, 7) is 11.3. The average Bonchev–Trinajstić information content (AvgIpc) is 2.02. The lowest BCUT2D eigenvalue weighted by Gasteiger charge is -2.40. The SMILES string of the molecule is C=C1CCCC(C)(C)[C@@H]1CCCC. The van der Waals surface area contributed by atoms with Gasteiger partial charge in [-0.3, -0.25) is 0 Å². The van der Waals surface area contributed by atoms with Gasteiger partial charge < -0.3 is 0 Å². The molecule has 1 rings (SSSR count). The monoisotopic (exact) mass is 180 g/mol. The van der Waals surface area contributed by atoms with Crippen LogP contribution >= 0.6 is 0 Å². The summed E-state index contributed by atoms with van der Waals surface area (Å²) < 4.78 is 0. The van der Waals surface area contributed by atoms with Crippen LogP contribution < -0.4 is 0 Å². The molecule has 0 aromatic carbocycles. The third kappa shape index (κ3) is 2.59. The van der Waals surface area contributed by atoms with Crippen LogP contribution in [0.2, 0.25) is 0 Å². The summed E-state index contributed by atoms with van der Waals surface area (Å²) in [6, 6.07) is 0. The summed E-state index contributed by atoms with van der Waals surface area (Å²) in [5.41, 5.74) is 2.04. The smallest absolute Gasteiger partial charge is 0.0155 e. The van der Waals surface area contributed by atoms with E-state index in [0.29, 0.717) is 5.41 Å². The second-order valence-corrected chi connectivity index (χ2v) is 5.20. The van der Waals surface area contributed by atoms with E-state index in [2.05, 4.69) is 27.4 Å². The second kappa shape index (κ2) is 4.30. The molecule has 0 nitrogen and oxygen atoms in total. The highest BCUT2D eigenvalue weighted by molar-refractivity contribution is 5.09. The molecular formula is C13H24. The Hall–Kier alpha value is -0.260. The van der Waals surface area contributed by atoms with Crippen molar-refractivity contribution >= 4 is 0 Å². The molecule has 0 amide bonds. The lowest BCUT2D eigenvalue weighted by molar-refractivity contribution is 0.177. The van der Waals surface area contributed by atoms with Crippen molar-refractivity contribution in [3.63, 3.8) is 0 Å². The molecular weight excluding hydrogens is 156 g/mol. The van der Waals surface area contributed by atoms with Crippen LogP contribution in [0.5, 0.6) is 0 Å². The Morgan fingerprint density at radius 2 is 2.15 bits per heavy atom. The summed E-state index contributed by atoms with van der Waals surface area (Å²) in [7, 11) is 0. The maximum Gasteiger partial charge on any atom is -0.0155 e. The van der Waals surface area contributed by atoms with Gasteiger partial charge in [0.15, 0.2) is 0 Å². The zero-order valence-electron chi connectivity index (χ0n) is 9.53. The highest BCUT2D eigenvalue weighted by Crippen LogP contribution is 2.45. The molecule has 1 aliphatic carbocycles. The van der Waals surface area contributed by atoms with E-state index >= 15 is 0 Å². The number of unbranched alkanes of at least 4 members (excludes halogenated alkanes) is 1. The summed E-state index contributed by atoms with van der Waals surface area (Å²) in [4.78, 5) is 0. The fraction of sp³-hybridized carbons (Fsp3) is 0.846. The first-order valence-corrected chi connectivity index (χ1v) is 5.75. The molecule has 13 heavy (non-hydrogen) atoms. The van der Waals surface area contributed by atoms with E-state index in [-0.39, 0.29) is 0 Å². The second-order valence-electron chi connectivity index (χ2n) is 5.20. The van der Waals surface area contributed by atoms with E-state index in [1.54, 1.807) is 0 Å². The van der Waals surface area contributed by atoms with Gasteiger partial charge in [0.2, 0.25) is 0 Å². The molecule has 0 saturated heterocycles. The van der Waals surface area contributed by atoms with Crippen LogP contribution in [-0.4, -0.2) is 0 Å². The van der Waals surface area contributed by atoms with Gasteiger partial charge in [0, 0.05) is 0 Å². The first kappa shape index (κ1) is 10.8. The minimum absolute atomic E-state index is 0.518. The lowest BCUT2D eigenvalue weighted by Crippen LogP contribution is -2.29. The Morgan fingerprint density at radius 3 is 2.69 bits per heavy atom. The third-order valence-electron chi connectivity index (χ3n) is 3.60. The van der Waals surface area contributed by atoms with E-state index in [4.69, 9.17) is 0 Å². The summed E-state index contributed by atoms with van der Waals surface area (Å²) in [6.07, 6.45) is 8.07. The van der Waals surface area contributed by atoms with Gasteiger partial charge in [-0.2, -0.15) is 0 Å². The minimum Gasteiger partial charge on any atom is -0.0996 e. The van der Waals surface area contributed by atoms with Gasteiger partial charge in [-0.05, 0) is 37.0 Å². The third-order valence-corrected chi connectivity index (χ3v) is 3.60. The Morgan fingerprint density at radius 1 is 1.46 bits per heavy atom. The highest BCUT2D eigenvalue weighted by atomic mass is 14.4. The van der Waals surface area contributed by atoms with Gasteiger partial charge >= 0.3 is 0 Å². The zero-order chi connectivity index (χ0) is 9.90. The van der Waals surface area contributed by atoms with Crippen molar-refractivity contribution in [1.82, 2.24) is 0 Å². The Bertz CT molecular complexity index is 176. The van der Waals surface area contributed by atoms with Gasteiger partial charge in [0.1, 0.15) is 0 Å². The molecule has 0 heteroatoms. The fourth-order valence-corrected chi connectivity index (χ4v) is 2.68. The molecule has 0 N–H and O–H groups in total. The van der Waals surface area contributed by atoms with Crippen molar-refractivity contribution in [2.45, 2.75) is 59.3 Å². The molecule has 1 atom stereocenters. The van der Waals surface area contributed by atoms with Crippen LogP contribution in [0.3, 0.4) is 0 Å². The van der Waals surface area contributed by atoms with Gasteiger partial charge in [-0.1, -0.05) is 45.8 Å². The molecule has 1 fully saturated rings. The van der Waals surface area contributed by atoms with Crippen LogP contribution in [0.1, 0.15) is 59.3 Å². The highest BCUT2D eigenvalue weighted by Gasteiger charge is 2.33. The predicted octanol–water partition coefficient (Wildman–Crippen LogP) is 4.56. The normalized spacial score (nSPS) is 27.6. The molecule has 0 heterocycles. The summed E-state index contributed by atoms with van der Waals surface area (Å²) in [5, 5.41) is 0. The van der Waals surface area contributed by atoms with Gasteiger partial charge in [-0.15, -0.1) is 0 Å². The molecule has 0 unspecified atom stereocenters. The standard InChI is InChI=1S/C13H24/c1-5-6-9-12-11(2)8-7-10-13(12,3)4/h12H,2,5-10H2,1,3-4H3/t12-/m1/s1. The number of allylic oxidation sites excluding steroid dienone is 1. The Kier molecular flexibility index (Phi) is 3.58. The van der Waals surface area contributed by atoms with Crippen LogP contribution in [0.4, 0.5) is 0 Å². The topological polar surface area (TPSA) is 0 Å². The predicted molar refractivity (Wildman–Crippen MR) is 59.8 cm³/mol. The average molecular weight is 180 g/mol. The van der Waals surface area contributed by atoms with E-state index in [1.165, 1.54) is 44.1 Å². The van der Waals surface area contributed by atoms with Gasteiger partial charge in [-0.25, -0.2) is 0 Å². The first-order chi connectivity index (χ1) is 6.08. The number of hydrogen-bond acceptors (Lipinski definition) is 0. The lowest BCUT2D eigenvalue weighted by atomic mass is 9.65. The largest absolute Gasteiger partial charge is 0.0996 e. The van der Waals surface area contributed by atoms with Crippen molar-refractivity contribution < 1.29 is 0 Å². The Labute approximate surface area is 83.4 Å². The molecule has 0 aliphatic heterocycles. The Balaban J connectivity index is 2.58. The van der Waals surface area contributed by atoms with Crippen LogP contribution in [0.15, 0.2) is 12.2 Å². The minimum atomic E-state index is 0.518. The van der Waals surface area contributed by atoms with Crippen molar-refractivity contribution in [1.29, 1.82) is 0 Å².